The van der Waals surface area contributed by atoms with E-state index >= 15 is 0 Å². The quantitative estimate of drug-likeness (QED) is 0.229. The molecule has 1 atom stereocenters. The number of hydrazine groups is 1. The minimum absolute atomic E-state index is 0.324. The summed E-state index contributed by atoms with van der Waals surface area (Å²) >= 11 is 11.0. The van der Waals surface area contributed by atoms with Crippen LogP contribution >= 0.6 is 24.2 Å². The van der Waals surface area contributed by atoms with E-state index < -0.39 is 0 Å². The average molecular weight is 457 g/mol. The number of pyridine rings is 1. The smallest absolute Gasteiger partial charge is 0.166 e. The van der Waals surface area contributed by atoms with E-state index in [1.165, 1.54) is 5.94 Å². The summed E-state index contributed by atoms with van der Waals surface area (Å²) < 4.78 is 6.14. The van der Waals surface area contributed by atoms with Crippen LogP contribution in [-0.4, -0.2) is 18.0 Å². The van der Waals surface area contributed by atoms with Crippen LogP contribution in [0.3, 0.4) is 0 Å². The van der Waals surface area contributed by atoms with E-state index in [0.29, 0.717) is 16.6 Å². The van der Waals surface area contributed by atoms with Crippen molar-refractivity contribution in [1.29, 1.82) is 0 Å². The number of carbonyl (C=O) groups excluding carboxylic acids is 1. The summed E-state index contributed by atoms with van der Waals surface area (Å²) in [5.41, 5.74) is 16.7. The summed E-state index contributed by atoms with van der Waals surface area (Å²) in [5.74, 6) is 2.08. The highest BCUT2D eigenvalue weighted by atomic mass is 35.5. The van der Waals surface area contributed by atoms with Gasteiger partial charge in [-0.1, -0.05) is 29.8 Å². The number of nitrogens with two attached hydrogens (primary N) is 1. The third-order valence-electron chi connectivity index (χ3n) is 4.42. The number of benzene rings is 2. The number of hydrogen-bond donors (Lipinski definition) is 4. The number of ether oxygens (including phenoxy) is 1. The maximum Gasteiger partial charge on any atom is 0.166 e. The number of aryl methyl sites for hydroxylation is 1. The first-order chi connectivity index (χ1) is 14.8. The molecule has 1 heterocycles. The molecule has 4 N–H and O–H groups in total. The van der Waals surface area contributed by atoms with Crippen molar-refractivity contribution < 1.29 is 9.53 Å². The van der Waals surface area contributed by atoms with Crippen LogP contribution in [0.4, 0.5) is 11.5 Å². The van der Waals surface area contributed by atoms with Crippen LogP contribution in [0.15, 0.2) is 60.1 Å². The second-order valence-corrected chi connectivity index (χ2v) is 7.45. The molecule has 3 aromatic rings. The number of nitrogens with zero attached hydrogens (tertiary/aromatic N) is 1. The number of anilines is 2. The van der Waals surface area contributed by atoms with Gasteiger partial charge < -0.3 is 15.9 Å². The normalized spacial score (nSPS) is 11.0. The molecule has 1 unspecified atom stereocenters. The predicted molar refractivity (Wildman–Crippen MR) is 131 cm³/mol. The van der Waals surface area contributed by atoms with Gasteiger partial charge in [0.2, 0.25) is 0 Å². The maximum atomic E-state index is 8.57. The van der Waals surface area contributed by atoms with E-state index in [4.69, 9.17) is 26.9 Å². The van der Waals surface area contributed by atoms with Gasteiger partial charge >= 0.3 is 0 Å². The fraction of sp³-hybridized carbons (Fsp3) is 0.174. The molecular weight excluding hydrogens is 432 g/mol. The second kappa shape index (κ2) is 11.4. The zero-order valence-corrected chi connectivity index (χ0v) is 19.2. The molecule has 3 rings (SSSR count). The highest BCUT2D eigenvalue weighted by molar-refractivity contribution is 7.80. The van der Waals surface area contributed by atoms with Crippen LogP contribution < -0.4 is 21.3 Å². The van der Waals surface area contributed by atoms with Crippen molar-refractivity contribution in [3.05, 3.63) is 71.4 Å². The molecule has 1 aromatic heterocycles. The summed E-state index contributed by atoms with van der Waals surface area (Å²) in [6.07, 6.45) is 1.39. The minimum atomic E-state index is -0.337. The Morgan fingerprint density at radius 2 is 1.97 bits per heavy atom. The average Bonchev–Trinajstić information content (AvgIpc) is 2.74. The molecule has 0 saturated carbocycles. The molecular formula is C23H25ClN4O2S. The third-order valence-corrected chi connectivity index (χ3v) is 5.35. The molecule has 0 radical (unpaired) electrons. The van der Waals surface area contributed by atoms with Crippen molar-refractivity contribution in [2.24, 2.45) is 0 Å². The van der Waals surface area contributed by atoms with Crippen molar-refractivity contribution in [2.45, 2.75) is 24.8 Å². The monoisotopic (exact) mass is 456 g/mol. The van der Waals surface area contributed by atoms with E-state index in [2.05, 4.69) is 35.0 Å². The summed E-state index contributed by atoms with van der Waals surface area (Å²) in [6.45, 7) is 6.58. The Labute approximate surface area is 192 Å². The van der Waals surface area contributed by atoms with Gasteiger partial charge in [-0.2, -0.15) is 0 Å². The van der Waals surface area contributed by atoms with Crippen LogP contribution in [0, 0.1) is 6.92 Å². The molecule has 0 aliphatic rings. The van der Waals surface area contributed by atoms with Gasteiger partial charge in [-0.25, -0.2) is 15.2 Å². The lowest BCUT2D eigenvalue weighted by Gasteiger charge is -2.20. The first-order valence-electron chi connectivity index (χ1n) is 9.39. The fourth-order valence-corrected chi connectivity index (χ4v) is 3.71. The highest BCUT2D eigenvalue weighted by Crippen LogP contribution is 2.36. The van der Waals surface area contributed by atoms with Crippen molar-refractivity contribution in [1.82, 2.24) is 10.4 Å². The van der Waals surface area contributed by atoms with E-state index in [1.807, 2.05) is 63.4 Å². The molecule has 2 aromatic carbocycles. The van der Waals surface area contributed by atoms with Gasteiger partial charge in [0, 0.05) is 40.0 Å². The number of halogens is 1. The summed E-state index contributed by atoms with van der Waals surface area (Å²) in [6, 6.07) is 13.6. The SMILES string of the molecule is C=C=O.CNNc1cccc(-c2cnc(N)c(OC(C)c3c(Cl)ccc(C)c3S)c2)c1. The first-order valence-corrected chi connectivity index (χ1v) is 10.2. The molecule has 8 heteroatoms. The zero-order chi connectivity index (χ0) is 23.0. The number of thiol groups is 1. The molecule has 0 saturated heterocycles. The number of hydrogen-bond acceptors (Lipinski definition) is 7. The van der Waals surface area contributed by atoms with Crippen LogP contribution in [-0.2, 0) is 4.79 Å². The van der Waals surface area contributed by atoms with Crippen LogP contribution in [0.2, 0.25) is 5.02 Å². The van der Waals surface area contributed by atoms with Gasteiger partial charge in [-0.3, -0.25) is 0 Å². The summed E-state index contributed by atoms with van der Waals surface area (Å²) in [5, 5.41) is 0.608. The molecule has 0 aliphatic carbocycles. The standard InChI is InChI=1S/C21H23ClN4OS.C2H2O/c1-12-7-8-17(22)19(20(12)28)13(2)27-18-10-15(11-25-21(18)23)14-5-4-6-16(9-14)26-24-3;1-2-3/h4-11,13,24,26,28H,1-3H3,(H2,23,25);1H2. The molecule has 162 valence electrons. The van der Waals surface area contributed by atoms with Gasteiger partial charge in [0.05, 0.1) is 0 Å². The molecule has 0 spiro atoms. The van der Waals surface area contributed by atoms with Crippen LogP contribution in [0.5, 0.6) is 5.75 Å². The van der Waals surface area contributed by atoms with Crippen LogP contribution in [0.1, 0.15) is 24.2 Å². The number of aromatic nitrogens is 1. The molecule has 0 amide bonds. The van der Waals surface area contributed by atoms with E-state index in [-0.39, 0.29) is 6.10 Å². The van der Waals surface area contributed by atoms with E-state index in [9.17, 15) is 0 Å². The second-order valence-electron chi connectivity index (χ2n) is 6.59. The highest BCUT2D eigenvalue weighted by Gasteiger charge is 2.18. The van der Waals surface area contributed by atoms with Gasteiger partial charge in [0.25, 0.3) is 0 Å². The summed E-state index contributed by atoms with van der Waals surface area (Å²) in [7, 11) is 1.82. The van der Waals surface area contributed by atoms with Gasteiger partial charge in [-0.05, 0) is 55.8 Å². The Morgan fingerprint density at radius 1 is 1.26 bits per heavy atom. The van der Waals surface area contributed by atoms with Crippen molar-refractivity contribution >= 4 is 41.7 Å². The lowest BCUT2D eigenvalue weighted by Crippen LogP contribution is -2.14. The van der Waals surface area contributed by atoms with E-state index in [1.54, 1.807) is 6.20 Å². The lowest BCUT2D eigenvalue weighted by atomic mass is 10.1. The van der Waals surface area contributed by atoms with Gasteiger partial charge in [-0.15, -0.1) is 12.6 Å². The van der Waals surface area contributed by atoms with Crippen LogP contribution in [0.25, 0.3) is 11.1 Å². The molecule has 0 fully saturated rings. The summed E-state index contributed by atoms with van der Waals surface area (Å²) in [4.78, 5) is 13.7. The Balaban J connectivity index is 0.00000107. The van der Waals surface area contributed by atoms with Crippen molar-refractivity contribution in [3.63, 3.8) is 0 Å². The molecule has 31 heavy (non-hydrogen) atoms. The predicted octanol–water partition coefficient (Wildman–Crippen LogP) is 5.27. The van der Waals surface area contributed by atoms with Gasteiger partial charge in [0.15, 0.2) is 11.6 Å². The first kappa shape index (κ1) is 24.3. The number of nitrogens with one attached hydrogen (secondary N) is 2. The Kier molecular flexibility index (Phi) is 8.97. The Morgan fingerprint density at radius 3 is 2.65 bits per heavy atom. The molecule has 6 nitrogen and oxygen atoms in total. The van der Waals surface area contributed by atoms with E-state index in [0.717, 1.165) is 32.8 Å². The van der Waals surface area contributed by atoms with Gasteiger partial charge in [0.1, 0.15) is 12.0 Å². The Hall–Kier alpha value is -2.96. The lowest BCUT2D eigenvalue weighted by molar-refractivity contribution is 0.225. The Bertz CT molecular complexity index is 1090. The molecule has 0 bridgehead atoms. The largest absolute Gasteiger partial charge is 0.482 e. The molecule has 0 aliphatic heterocycles. The third kappa shape index (κ3) is 6.26. The minimum Gasteiger partial charge on any atom is -0.482 e. The zero-order valence-electron chi connectivity index (χ0n) is 17.6. The van der Waals surface area contributed by atoms with Crippen molar-refractivity contribution in [3.8, 4) is 16.9 Å². The fourth-order valence-electron chi connectivity index (χ4n) is 2.96. The van der Waals surface area contributed by atoms with Crippen molar-refractivity contribution in [2.75, 3.05) is 18.2 Å². The number of nitrogen functional groups attached to an aromatic ring is 1. The topological polar surface area (TPSA) is 89.3 Å². The number of rotatable bonds is 6. The maximum absolute atomic E-state index is 8.57.